The number of aliphatic imine (C=N–C) groups is 1. The molecule has 0 aliphatic rings. The molecule has 1 nitrogen and oxygen atoms in total. The van der Waals surface area contributed by atoms with Gasteiger partial charge in [0.25, 0.3) is 0 Å². The van der Waals surface area contributed by atoms with Crippen LogP contribution < -0.4 is 0 Å². The summed E-state index contributed by atoms with van der Waals surface area (Å²) in [4.78, 5) is 3.91. The van der Waals surface area contributed by atoms with Crippen LogP contribution in [-0.4, -0.2) is 6.21 Å². The standard InChI is InChI=1S/C10H8FN/c1-2-7-12-8-9-3-5-10(11)6-4-9/h1,3-7H,8H2. The number of benzene rings is 1. The van der Waals surface area contributed by atoms with Crippen LogP contribution in [0.3, 0.4) is 0 Å². The quantitative estimate of drug-likeness (QED) is 0.465. The fraction of sp³-hybridized carbons (Fsp3) is 0.100. The van der Waals surface area contributed by atoms with E-state index in [9.17, 15) is 4.39 Å². The van der Waals surface area contributed by atoms with Crippen molar-refractivity contribution in [2.24, 2.45) is 4.99 Å². The maximum Gasteiger partial charge on any atom is 0.123 e. The third-order valence-corrected chi connectivity index (χ3v) is 1.35. The molecule has 0 amide bonds. The summed E-state index contributed by atoms with van der Waals surface area (Å²) in [5, 5.41) is 0. The third-order valence-electron chi connectivity index (χ3n) is 1.35. The molecule has 0 aromatic heterocycles. The smallest absolute Gasteiger partial charge is 0.123 e. The van der Waals surface area contributed by atoms with Gasteiger partial charge in [-0.05, 0) is 17.7 Å². The van der Waals surface area contributed by atoms with Crippen molar-refractivity contribution in [2.75, 3.05) is 0 Å². The highest BCUT2D eigenvalue weighted by atomic mass is 19.1. The lowest BCUT2D eigenvalue weighted by Crippen LogP contribution is -1.81. The zero-order chi connectivity index (χ0) is 8.81. The van der Waals surface area contributed by atoms with Crippen molar-refractivity contribution in [3.63, 3.8) is 0 Å². The van der Waals surface area contributed by atoms with Gasteiger partial charge in [-0.2, -0.15) is 0 Å². The van der Waals surface area contributed by atoms with Crippen molar-refractivity contribution >= 4 is 6.21 Å². The maximum absolute atomic E-state index is 12.4. The Kier molecular flexibility index (Phi) is 3.04. The molecule has 0 atom stereocenters. The molecule has 60 valence electrons. The van der Waals surface area contributed by atoms with Gasteiger partial charge in [-0.15, -0.1) is 6.42 Å². The molecule has 0 heterocycles. The summed E-state index contributed by atoms with van der Waals surface area (Å²) in [5.41, 5.74) is 0.947. The molecule has 12 heavy (non-hydrogen) atoms. The fourth-order valence-corrected chi connectivity index (χ4v) is 0.794. The minimum atomic E-state index is -0.236. The molecule has 0 unspecified atom stereocenters. The summed E-state index contributed by atoms with van der Waals surface area (Å²) in [6.45, 7) is 0.504. The molecule has 0 saturated heterocycles. The van der Waals surface area contributed by atoms with E-state index in [0.29, 0.717) is 6.54 Å². The monoisotopic (exact) mass is 161 g/mol. The van der Waals surface area contributed by atoms with Crippen molar-refractivity contribution in [3.8, 4) is 12.3 Å². The van der Waals surface area contributed by atoms with Crippen LogP contribution >= 0.6 is 0 Å². The molecule has 0 spiro atoms. The number of rotatable bonds is 2. The van der Waals surface area contributed by atoms with Crippen LogP contribution in [0.5, 0.6) is 0 Å². The van der Waals surface area contributed by atoms with Gasteiger partial charge >= 0.3 is 0 Å². The lowest BCUT2D eigenvalue weighted by Gasteiger charge is -1.93. The summed E-state index contributed by atoms with van der Waals surface area (Å²) in [6.07, 6.45) is 6.35. The molecular weight excluding hydrogens is 153 g/mol. The first-order valence-electron chi connectivity index (χ1n) is 3.52. The SMILES string of the molecule is C#CC=NCc1ccc(F)cc1. The van der Waals surface area contributed by atoms with Crippen molar-refractivity contribution in [1.82, 2.24) is 0 Å². The number of hydrogen-bond donors (Lipinski definition) is 0. The van der Waals surface area contributed by atoms with E-state index in [2.05, 4.69) is 10.9 Å². The van der Waals surface area contributed by atoms with Gasteiger partial charge in [0.05, 0.1) is 12.8 Å². The molecule has 1 rings (SSSR count). The summed E-state index contributed by atoms with van der Waals surface area (Å²) in [7, 11) is 0. The van der Waals surface area contributed by atoms with Crippen molar-refractivity contribution in [3.05, 3.63) is 35.6 Å². The summed E-state index contributed by atoms with van der Waals surface area (Å²) >= 11 is 0. The van der Waals surface area contributed by atoms with E-state index in [1.54, 1.807) is 12.1 Å². The van der Waals surface area contributed by atoms with Crippen LogP contribution in [0.25, 0.3) is 0 Å². The van der Waals surface area contributed by atoms with Gasteiger partial charge in [-0.25, -0.2) is 4.39 Å². The van der Waals surface area contributed by atoms with Crippen LogP contribution in [0.2, 0.25) is 0 Å². The van der Waals surface area contributed by atoms with Crippen LogP contribution in [0, 0.1) is 18.2 Å². The van der Waals surface area contributed by atoms with E-state index in [4.69, 9.17) is 6.42 Å². The van der Waals surface area contributed by atoms with Crippen LogP contribution in [0.1, 0.15) is 5.56 Å². The first-order valence-corrected chi connectivity index (χ1v) is 3.52. The molecule has 2 heteroatoms. The topological polar surface area (TPSA) is 12.4 Å². The summed E-state index contributed by atoms with van der Waals surface area (Å²) < 4.78 is 12.4. The largest absolute Gasteiger partial charge is 0.279 e. The molecule has 1 aromatic carbocycles. The number of nitrogens with zero attached hydrogens (tertiary/aromatic N) is 1. The van der Waals surface area contributed by atoms with Crippen molar-refractivity contribution in [1.29, 1.82) is 0 Å². The van der Waals surface area contributed by atoms with E-state index in [0.717, 1.165) is 5.56 Å². The molecule has 0 radical (unpaired) electrons. The van der Waals surface area contributed by atoms with Gasteiger partial charge in [0, 0.05) is 0 Å². The van der Waals surface area contributed by atoms with E-state index < -0.39 is 0 Å². The Hall–Kier alpha value is -1.62. The Morgan fingerprint density at radius 2 is 2.08 bits per heavy atom. The van der Waals surface area contributed by atoms with Gasteiger partial charge in [0.2, 0.25) is 0 Å². The normalized spacial score (nSPS) is 10.0. The third kappa shape index (κ3) is 2.55. The van der Waals surface area contributed by atoms with Crippen molar-refractivity contribution in [2.45, 2.75) is 6.54 Å². The number of terminal acetylenes is 1. The molecule has 0 aliphatic heterocycles. The first kappa shape index (κ1) is 8.48. The summed E-state index contributed by atoms with van der Waals surface area (Å²) in [5.74, 6) is 2.05. The Labute approximate surface area is 71.0 Å². The Bertz CT molecular complexity index is 306. The van der Waals surface area contributed by atoms with Gasteiger partial charge in [0.1, 0.15) is 5.82 Å². The zero-order valence-corrected chi connectivity index (χ0v) is 6.50. The van der Waals surface area contributed by atoms with Crippen LogP contribution in [0.4, 0.5) is 4.39 Å². The van der Waals surface area contributed by atoms with E-state index in [-0.39, 0.29) is 5.82 Å². The van der Waals surface area contributed by atoms with Crippen LogP contribution in [-0.2, 0) is 6.54 Å². The second-order valence-corrected chi connectivity index (χ2v) is 2.26. The zero-order valence-electron chi connectivity index (χ0n) is 6.50. The highest BCUT2D eigenvalue weighted by Gasteiger charge is 1.90. The average molecular weight is 161 g/mol. The predicted molar refractivity (Wildman–Crippen MR) is 47.4 cm³/mol. The van der Waals surface area contributed by atoms with E-state index in [1.165, 1.54) is 18.3 Å². The first-order chi connectivity index (χ1) is 5.83. The second kappa shape index (κ2) is 4.30. The van der Waals surface area contributed by atoms with Crippen LogP contribution in [0.15, 0.2) is 29.3 Å². The fourth-order valence-electron chi connectivity index (χ4n) is 0.794. The molecule has 1 aromatic rings. The molecule has 0 saturated carbocycles. The maximum atomic E-state index is 12.4. The lowest BCUT2D eigenvalue weighted by molar-refractivity contribution is 0.627. The number of halogens is 1. The number of hydrogen-bond acceptors (Lipinski definition) is 1. The van der Waals surface area contributed by atoms with Gasteiger partial charge in [-0.1, -0.05) is 18.1 Å². The Morgan fingerprint density at radius 3 is 2.67 bits per heavy atom. The Balaban J connectivity index is 2.60. The molecule has 0 aliphatic carbocycles. The van der Waals surface area contributed by atoms with E-state index in [1.807, 2.05) is 0 Å². The van der Waals surface area contributed by atoms with E-state index >= 15 is 0 Å². The molecule has 0 fully saturated rings. The highest BCUT2D eigenvalue weighted by Crippen LogP contribution is 2.03. The molecule has 0 N–H and O–H groups in total. The second-order valence-electron chi connectivity index (χ2n) is 2.26. The highest BCUT2D eigenvalue weighted by molar-refractivity contribution is 5.77. The summed E-state index contributed by atoms with van der Waals surface area (Å²) in [6, 6.07) is 6.17. The minimum absolute atomic E-state index is 0.236. The van der Waals surface area contributed by atoms with Crippen molar-refractivity contribution < 1.29 is 4.39 Å². The molecule has 0 bridgehead atoms. The van der Waals surface area contributed by atoms with Gasteiger partial charge < -0.3 is 0 Å². The molecular formula is C10H8FN. The van der Waals surface area contributed by atoms with Gasteiger partial charge in [0.15, 0.2) is 0 Å². The minimum Gasteiger partial charge on any atom is -0.279 e. The van der Waals surface area contributed by atoms with Gasteiger partial charge in [-0.3, -0.25) is 4.99 Å². The predicted octanol–water partition coefficient (Wildman–Crippen LogP) is 2.03. The average Bonchev–Trinajstić information content (AvgIpc) is 2.09. The Morgan fingerprint density at radius 1 is 1.42 bits per heavy atom. The lowest BCUT2D eigenvalue weighted by atomic mass is 10.2.